The molecule has 0 spiro atoms. The first-order valence-corrected chi connectivity index (χ1v) is 8.21. The van der Waals surface area contributed by atoms with E-state index in [9.17, 15) is 0 Å². The maximum absolute atomic E-state index is 4.82. The first-order chi connectivity index (χ1) is 8.91. The van der Waals surface area contributed by atoms with Gasteiger partial charge in [0.1, 0.15) is 0 Å². The minimum atomic E-state index is 0.156. The first-order valence-electron chi connectivity index (χ1n) is 7.39. The molecule has 1 heterocycles. The van der Waals surface area contributed by atoms with Crippen molar-refractivity contribution in [2.45, 2.75) is 66.5 Å². The molecular weight excluding hydrogens is 254 g/mol. The van der Waals surface area contributed by atoms with Crippen LogP contribution in [0.25, 0.3) is 0 Å². The fourth-order valence-corrected chi connectivity index (χ4v) is 3.10. The van der Waals surface area contributed by atoms with Crippen LogP contribution in [0.4, 0.5) is 5.13 Å². The summed E-state index contributed by atoms with van der Waals surface area (Å²) in [6.07, 6.45) is 2.19. The predicted octanol–water partition coefficient (Wildman–Crippen LogP) is 3.83. The Morgan fingerprint density at radius 2 is 1.89 bits per heavy atom. The number of hydrogen-bond acceptors (Lipinski definition) is 4. The highest BCUT2D eigenvalue weighted by Gasteiger charge is 2.16. The van der Waals surface area contributed by atoms with Crippen molar-refractivity contribution in [3.05, 3.63) is 10.6 Å². The number of hydrogen-bond donors (Lipinski definition) is 1. The second-order valence-electron chi connectivity index (χ2n) is 5.90. The highest BCUT2D eigenvalue weighted by atomic mass is 32.1. The molecule has 0 amide bonds. The molecule has 1 rings (SSSR count). The van der Waals surface area contributed by atoms with E-state index in [1.54, 1.807) is 0 Å². The van der Waals surface area contributed by atoms with Crippen LogP contribution in [0.15, 0.2) is 0 Å². The zero-order chi connectivity index (χ0) is 14.5. The molecule has 1 aromatic heterocycles. The van der Waals surface area contributed by atoms with Crippen LogP contribution in [-0.4, -0.2) is 23.6 Å². The number of thiazole rings is 1. The van der Waals surface area contributed by atoms with Crippen LogP contribution in [0.5, 0.6) is 0 Å². The molecular formula is C15H29N3S. The molecule has 0 fully saturated rings. The second kappa shape index (κ2) is 7.25. The summed E-state index contributed by atoms with van der Waals surface area (Å²) in [5, 5.41) is 4.75. The Bertz CT molecular complexity index is 379. The van der Waals surface area contributed by atoms with E-state index in [0.717, 1.165) is 26.1 Å². The lowest BCUT2D eigenvalue weighted by Gasteiger charge is -2.20. The van der Waals surface area contributed by atoms with Crippen LogP contribution >= 0.6 is 11.3 Å². The van der Waals surface area contributed by atoms with Gasteiger partial charge in [-0.1, -0.05) is 13.8 Å². The molecule has 0 aliphatic heterocycles. The van der Waals surface area contributed by atoms with Gasteiger partial charge in [0.05, 0.1) is 5.69 Å². The second-order valence-corrected chi connectivity index (χ2v) is 6.97. The van der Waals surface area contributed by atoms with Crippen molar-refractivity contribution in [1.29, 1.82) is 0 Å². The molecule has 4 heteroatoms. The zero-order valence-corrected chi connectivity index (χ0v) is 14.2. The predicted molar refractivity (Wildman–Crippen MR) is 86.3 cm³/mol. The van der Waals surface area contributed by atoms with Gasteiger partial charge in [-0.3, -0.25) is 0 Å². The highest BCUT2D eigenvalue weighted by Crippen LogP contribution is 2.27. The normalized spacial score (nSPS) is 11.9. The third-order valence-electron chi connectivity index (χ3n) is 3.03. The van der Waals surface area contributed by atoms with Gasteiger partial charge in [-0.05, 0) is 40.5 Å². The Morgan fingerprint density at radius 3 is 2.37 bits per heavy atom. The minimum absolute atomic E-state index is 0.156. The number of aromatic nitrogens is 1. The summed E-state index contributed by atoms with van der Waals surface area (Å²) in [6.45, 7) is 16.3. The van der Waals surface area contributed by atoms with Gasteiger partial charge in [-0.15, -0.1) is 11.3 Å². The van der Waals surface area contributed by atoms with Gasteiger partial charge < -0.3 is 10.2 Å². The molecule has 0 aliphatic rings. The molecule has 0 bridgehead atoms. The molecule has 0 atom stereocenters. The summed E-state index contributed by atoms with van der Waals surface area (Å²) in [6, 6.07) is 0. The molecule has 0 unspecified atom stereocenters. The van der Waals surface area contributed by atoms with Crippen molar-refractivity contribution in [3.63, 3.8) is 0 Å². The summed E-state index contributed by atoms with van der Waals surface area (Å²) >= 11 is 1.85. The first kappa shape index (κ1) is 16.4. The molecule has 0 radical (unpaired) electrons. The summed E-state index contributed by atoms with van der Waals surface area (Å²) in [5.41, 5.74) is 1.41. The third-order valence-corrected chi connectivity index (χ3v) is 4.19. The molecule has 0 aromatic carbocycles. The van der Waals surface area contributed by atoms with E-state index in [1.165, 1.54) is 22.1 Å². The standard InChI is InChI=1S/C15H29N3S/c1-7-10-18(9-3)14-17-12(8-2)13(19-14)11-16-15(4,5)6/h16H,7-11H2,1-6H3. The van der Waals surface area contributed by atoms with Gasteiger partial charge >= 0.3 is 0 Å². The Balaban J connectivity index is 2.84. The van der Waals surface area contributed by atoms with Crippen LogP contribution in [0, 0.1) is 0 Å². The molecule has 0 saturated heterocycles. The summed E-state index contributed by atoms with van der Waals surface area (Å²) in [5.74, 6) is 0. The third kappa shape index (κ3) is 5.11. The van der Waals surface area contributed by atoms with Crippen LogP contribution in [0.1, 0.15) is 58.5 Å². The number of aryl methyl sites for hydroxylation is 1. The number of nitrogens with zero attached hydrogens (tertiary/aromatic N) is 2. The molecule has 1 N–H and O–H groups in total. The van der Waals surface area contributed by atoms with Crippen molar-refractivity contribution in [2.24, 2.45) is 0 Å². The van der Waals surface area contributed by atoms with Crippen molar-refractivity contribution >= 4 is 16.5 Å². The maximum Gasteiger partial charge on any atom is 0.185 e. The van der Waals surface area contributed by atoms with Crippen molar-refractivity contribution in [2.75, 3.05) is 18.0 Å². The van der Waals surface area contributed by atoms with Gasteiger partial charge in [-0.25, -0.2) is 4.98 Å². The molecule has 110 valence electrons. The van der Waals surface area contributed by atoms with Crippen LogP contribution in [-0.2, 0) is 13.0 Å². The van der Waals surface area contributed by atoms with Crippen LogP contribution < -0.4 is 10.2 Å². The topological polar surface area (TPSA) is 28.2 Å². The van der Waals surface area contributed by atoms with E-state index in [4.69, 9.17) is 4.98 Å². The average molecular weight is 283 g/mol. The van der Waals surface area contributed by atoms with Crippen molar-refractivity contribution in [3.8, 4) is 0 Å². The van der Waals surface area contributed by atoms with Gasteiger partial charge in [0, 0.05) is 30.1 Å². The molecule has 0 saturated carbocycles. The SMILES string of the molecule is CCCN(CC)c1nc(CC)c(CNC(C)(C)C)s1. The molecule has 0 aliphatic carbocycles. The van der Waals surface area contributed by atoms with Crippen LogP contribution in [0.3, 0.4) is 0 Å². The van der Waals surface area contributed by atoms with E-state index in [-0.39, 0.29) is 5.54 Å². The minimum Gasteiger partial charge on any atom is -0.348 e. The number of anilines is 1. The van der Waals surface area contributed by atoms with E-state index < -0.39 is 0 Å². The Labute approximate surface area is 122 Å². The summed E-state index contributed by atoms with van der Waals surface area (Å²) < 4.78 is 0. The highest BCUT2D eigenvalue weighted by molar-refractivity contribution is 7.15. The maximum atomic E-state index is 4.82. The Hall–Kier alpha value is -0.610. The zero-order valence-electron chi connectivity index (χ0n) is 13.3. The van der Waals surface area contributed by atoms with Crippen molar-refractivity contribution in [1.82, 2.24) is 10.3 Å². The molecule has 1 aromatic rings. The summed E-state index contributed by atoms with van der Waals surface area (Å²) in [7, 11) is 0. The van der Waals surface area contributed by atoms with Crippen molar-refractivity contribution < 1.29 is 0 Å². The monoisotopic (exact) mass is 283 g/mol. The Morgan fingerprint density at radius 1 is 1.21 bits per heavy atom. The van der Waals surface area contributed by atoms with Gasteiger partial charge in [0.2, 0.25) is 0 Å². The van der Waals surface area contributed by atoms with Gasteiger partial charge in [0.15, 0.2) is 5.13 Å². The Kier molecular flexibility index (Phi) is 6.27. The average Bonchev–Trinajstić information content (AvgIpc) is 2.75. The largest absolute Gasteiger partial charge is 0.348 e. The number of rotatable bonds is 7. The van der Waals surface area contributed by atoms with Gasteiger partial charge in [0.25, 0.3) is 0 Å². The van der Waals surface area contributed by atoms with E-state index in [0.29, 0.717) is 0 Å². The lowest BCUT2D eigenvalue weighted by molar-refractivity contribution is 0.425. The van der Waals surface area contributed by atoms with E-state index in [1.807, 2.05) is 11.3 Å². The molecule has 3 nitrogen and oxygen atoms in total. The van der Waals surface area contributed by atoms with E-state index in [2.05, 4.69) is 51.8 Å². The van der Waals surface area contributed by atoms with Crippen LogP contribution in [0.2, 0.25) is 0 Å². The lowest BCUT2D eigenvalue weighted by Crippen LogP contribution is -2.35. The van der Waals surface area contributed by atoms with Gasteiger partial charge in [-0.2, -0.15) is 0 Å². The number of nitrogens with one attached hydrogen (secondary N) is 1. The molecule has 19 heavy (non-hydrogen) atoms. The smallest absolute Gasteiger partial charge is 0.185 e. The fourth-order valence-electron chi connectivity index (χ4n) is 1.92. The fraction of sp³-hybridized carbons (Fsp3) is 0.800. The van der Waals surface area contributed by atoms with E-state index >= 15 is 0 Å². The lowest BCUT2D eigenvalue weighted by atomic mass is 10.1. The summed E-state index contributed by atoms with van der Waals surface area (Å²) in [4.78, 5) is 8.59. The quantitative estimate of drug-likeness (QED) is 0.824.